The Kier molecular flexibility index (Phi) is 3.17. The van der Waals surface area contributed by atoms with Gasteiger partial charge in [0.2, 0.25) is 0 Å². The topological polar surface area (TPSA) is 41.1 Å². The zero-order chi connectivity index (χ0) is 9.90. The Morgan fingerprint density at radius 1 is 1.46 bits per heavy atom. The molecular formula is C10H20N2O. The first-order chi connectivity index (χ1) is 6.08. The minimum Gasteiger partial charge on any atom is -0.338 e. The van der Waals surface area contributed by atoms with Crippen molar-refractivity contribution in [1.82, 2.24) is 10.6 Å². The lowest BCUT2D eigenvalue weighted by Crippen LogP contribution is -2.44. The molecule has 1 aliphatic carbocycles. The predicted molar refractivity (Wildman–Crippen MR) is 53.6 cm³/mol. The van der Waals surface area contributed by atoms with Gasteiger partial charge < -0.3 is 10.6 Å². The molecule has 0 bridgehead atoms. The SMILES string of the molecule is CCNC(=O)NC1(CC(C)C)CC1. The molecule has 0 spiro atoms. The van der Waals surface area contributed by atoms with Crippen LogP contribution >= 0.6 is 0 Å². The average molecular weight is 184 g/mol. The summed E-state index contributed by atoms with van der Waals surface area (Å²) in [4.78, 5) is 11.3. The summed E-state index contributed by atoms with van der Waals surface area (Å²) in [6, 6.07) is -0.0133. The third kappa shape index (κ3) is 3.25. The van der Waals surface area contributed by atoms with Crippen molar-refractivity contribution >= 4 is 6.03 Å². The summed E-state index contributed by atoms with van der Waals surface area (Å²) < 4.78 is 0. The second-order valence-electron chi connectivity index (χ2n) is 4.36. The molecule has 76 valence electrons. The first-order valence-corrected chi connectivity index (χ1v) is 5.14. The number of amides is 2. The van der Waals surface area contributed by atoms with Crippen LogP contribution < -0.4 is 10.6 Å². The number of carbonyl (C=O) groups excluding carboxylic acids is 1. The molecule has 0 aromatic heterocycles. The van der Waals surface area contributed by atoms with E-state index in [1.807, 2.05) is 6.92 Å². The van der Waals surface area contributed by atoms with E-state index in [-0.39, 0.29) is 11.6 Å². The molecule has 0 aromatic carbocycles. The van der Waals surface area contributed by atoms with Gasteiger partial charge >= 0.3 is 6.03 Å². The van der Waals surface area contributed by atoms with Crippen LogP contribution in [0.1, 0.15) is 40.0 Å². The first-order valence-electron chi connectivity index (χ1n) is 5.14. The molecule has 3 nitrogen and oxygen atoms in total. The lowest BCUT2D eigenvalue weighted by molar-refractivity contribution is 0.233. The third-order valence-corrected chi connectivity index (χ3v) is 2.37. The Balaban J connectivity index is 2.30. The molecule has 0 saturated heterocycles. The van der Waals surface area contributed by atoms with Gasteiger partial charge in [-0.2, -0.15) is 0 Å². The van der Waals surface area contributed by atoms with Crippen LogP contribution in [-0.4, -0.2) is 18.1 Å². The fourth-order valence-corrected chi connectivity index (χ4v) is 1.76. The summed E-state index contributed by atoms with van der Waals surface area (Å²) in [5.74, 6) is 0.657. The number of nitrogens with one attached hydrogen (secondary N) is 2. The maximum Gasteiger partial charge on any atom is 0.315 e. The molecular weight excluding hydrogens is 164 g/mol. The van der Waals surface area contributed by atoms with Crippen molar-refractivity contribution in [3.8, 4) is 0 Å². The highest BCUT2D eigenvalue weighted by atomic mass is 16.2. The van der Waals surface area contributed by atoms with Crippen molar-refractivity contribution in [3.05, 3.63) is 0 Å². The van der Waals surface area contributed by atoms with Crippen LogP contribution in [0.5, 0.6) is 0 Å². The smallest absolute Gasteiger partial charge is 0.315 e. The van der Waals surface area contributed by atoms with E-state index < -0.39 is 0 Å². The molecule has 0 aliphatic heterocycles. The van der Waals surface area contributed by atoms with E-state index in [1.165, 1.54) is 0 Å². The lowest BCUT2D eigenvalue weighted by atomic mass is 10.0. The summed E-state index contributed by atoms with van der Waals surface area (Å²) in [5, 5.41) is 5.81. The Bertz CT molecular complexity index is 185. The molecule has 2 amide bonds. The minimum atomic E-state index is -0.0133. The van der Waals surface area contributed by atoms with Gasteiger partial charge in [0, 0.05) is 12.1 Å². The van der Waals surface area contributed by atoms with Gasteiger partial charge in [-0.15, -0.1) is 0 Å². The van der Waals surface area contributed by atoms with E-state index in [0.717, 1.165) is 19.3 Å². The van der Waals surface area contributed by atoms with Crippen LogP contribution in [0.25, 0.3) is 0 Å². The Morgan fingerprint density at radius 3 is 2.46 bits per heavy atom. The van der Waals surface area contributed by atoms with Crippen LogP contribution in [0.4, 0.5) is 4.79 Å². The zero-order valence-corrected chi connectivity index (χ0v) is 8.81. The fraction of sp³-hybridized carbons (Fsp3) is 0.900. The van der Waals surface area contributed by atoms with E-state index in [0.29, 0.717) is 12.5 Å². The van der Waals surface area contributed by atoms with Gasteiger partial charge in [0.25, 0.3) is 0 Å². The number of urea groups is 1. The van der Waals surface area contributed by atoms with E-state index in [1.54, 1.807) is 0 Å². The molecule has 0 unspecified atom stereocenters. The van der Waals surface area contributed by atoms with Crippen molar-refractivity contribution in [2.24, 2.45) is 5.92 Å². The Hall–Kier alpha value is -0.730. The van der Waals surface area contributed by atoms with E-state index in [4.69, 9.17) is 0 Å². The summed E-state index contributed by atoms with van der Waals surface area (Å²) in [5.41, 5.74) is 0.132. The predicted octanol–water partition coefficient (Wildman–Crippen LogP) is 1.88. The van der Waals surface area contributed by atoms with Gasteiger partial charge in [-0.3, -0.25) is 0 Å². The molecule has 3 heteroatoms. The fourth-order valence-electron chi connectivity index (χ4n) is 1.76. The van der Waals surface area contributed by atoms with Crippen LogP contribution in [0.2, 0.25) is 0 Å². The molecule has 0 radical (unpaired) electrons. The molecule has 1 saturated carbocycles. The second kappa shape index (κ2) is 3.99. The van der Waals surface area contributed by atoms with E-state index in [9.17, 15) is 4.79 Å². The summed E-state index contributed by atoms with van der Waals surface area (Å²) in [6.45, 7) is 7.02. The van der Waals surface area contributed by atoms with Gasteiger partial charge in [-0.1, -0.05) is 13.8 Å². The summed E-state index contributed by atoms with van der Waals surface area (Å²) in [6.07, 6.45) is 3.38. The molecule has 1 fully saturated rings. The quantitative estimate of drug-likeness (QED) is 0.688. The minimum absolute atomic E-state index is 0.0133. The maximum absolute atomic E-state index is 11.3. The molecule has 13 heavy (non-hydrogen) atoms. The van der Waals surface area contributed by atoms with Gasteiger partial charge in [0.1, 0.15) is 0 Å². The normalized spacial score (nSPS) is 18.5. The molecule has 1 rings (SSSR count). The summed E-state index contributed by atoms with van der Waals surface area (Å²) in [7, 11) is 0. The molecule has 2 N–H and O–H groups in total. The highest BCUT2D eigenvalue weighted by molar-refractivity contribution is 5.75. The number of hydrogen-bond acceptors (Lipinski definition) is 1. The maximum atomic E-state index is 11.3. The van der Waals surface area contributed by atoms with E-state index in [2.05, 4.69) is 24.5 Å². The second-order valence-corrected chi connectivity index (χ2v) is 4.36. The van der Waals surface area contributed by atoms with Crippen LogP contribution in [-0.2, 0) is 0 Å². The van der Waals surface area contributed by atoms with Gasteiger partial charge in [0.05, 0.1) is 0 Å². The Morgan fingerprint density at radius 2 is 2.08 bits per heavy atom. The first kappa shape index (κ1) is 10.4. The van der Waals surface area contributed by atoms with E-state index >= 15 is 0 Å². The van der Waals surface area contributed by atoms with Crippen molar-refractivity contribution < 1.29 is 4.79 Å². The lowest BCUT2D eigenvalue weighted by Gasteiger charge is -2.19. The molecule has 0 atom stereocenters. The van der Waals surface area contributed by atoms with Gasteiger partial charge in [0.15, 0.2) is 0 Å². The highest BCUT2D eigenvalue weighted by Gasteiger charge is 2.43. The highest BCUT2D eigenvalue weighted by Crippen LogP contribution is 2.40. The third-order valence-electron chi connectivity index (χ3n) is 2.37. The molecule has 0 heterocycles. The van der Waals surface area contributed by atoms with Crippen LogP contribution in [0.3, 0.4) is 0 Å². The largest absolute Gasteiger partial charge is 0.338 e. The van der Waals surface area contributed by atoms with Crippen molar-refractivity contribution in [2.45, 2.75) is 45.6 Å². The Labute approximate surface area is 80.3 Å². The summed E-state index contributed by atoms with van der Waals surface area (Å²) >= 11 is 0. The van der Waals surface area contributed by atoms with Crippen molar-refractivity contribution in [1.29, 1.82) is 0 Å². The van der Waals surface area contributed by atoms with Crippen molar-refractivity contribution in [3.63, 3.8) is 0 Å². The number of rotatable bonds is 4. The van der Waals surface area contributed by atoms with Gasteiger partial charge in [-0.05, 0) is 32.1 Å². The molecule has 1 aliphatic rings. The monoisotopic (exact) mass is 184 g/mol. The van der Waals surface area contributed by atoms with Crippen LogP contribution in [0, 0.1) is 5.92 Å². The number of hydrogen-bond donors (Lipinski definition) is 2. The number of carbonyl (C=O) groups is 1. The molecule has 0 aromatic rings. The zero-order valence-electron chi connectivity index (χ0n) is 8.81. The standard InChI is InChI=1S/C10H20N2O/c1-4-11-9(13)12-10(5-6-10)7-8(2)3/h8H,4-7H2,1-3H3,(H2,11,12,13). The van der Waals surface area contributed by atoms with Gasteiger partial charge in [-0.25, -0.2) is 4.79 Å². The van der Waals surface area contributed by atoms with Crippen molar-refractivity contribution in [2.75, 3.05) is 6.54 Å². The average Bonchev–Trinajstić information content (AvgIpc) is 2.67. The van der Waals surface area contributed by atoms with Crippen LogP contribution in [0.15, 0.2) is 0 Å².